The molecule has 0 aromatic carbocycles. The number of carbonyl (C=O) groups excluding carboxylic acids is 2. The molecule has 0 heterocycles. The number of esters is 2. The Morgan fingerprint density at radius 3 is 1.82 bits per heavy atom. The van der Waals surface area contributed by atoms with Crippen molar-refractivity contribution >= 4 is 19.8 Å². The van der Waals surface area contributed by atoms with Crippen LogP contribution in [0.15, 0.2) is 0 Å². The largest absolute Gasteiger partial charge is 1.00 e. The van der Waals surface area contributed by atoms with E-state index in [-0.39, 0.29) is 59.1 Å². The number of phosphoric acid groups is 1. The average Bonchev–Trinajstić information content (AvgIpc) is 2.71. The van der Waals surface area contributed by atoms with E-state index in [1.807, 2.05) is 17.8 Å². The predicted molar refractivity (Wildman–Crippen MR) is 103 cm³/mol. The van der Waals surface area contributed by atoms with Crippen LogP contribution >= 0.6 is 7.82 Å². The van der Waals surface area contributed by atoms with Crippen LogP contribution in [0, 0.1) is 95.2 Å². The van der Waals surface area contributed by atoms with Crippen molar-refractivity contribution in [2.45, 2.75) is 13.0 Å². The second-order valence-corrected chi connectivity index (χ2v) is 5.54. The van der Waals surface area contributed by atoms with Gasteiger partial charge >= 0.3 is 71.1 Å². The van der Waals surface area contributed by atoms with E-state index in [1.165, 1.54) is 0 Å². The third kappa shape index (κ3) is 25.7. The summed E-state index contributed by atoms with van der Waals surface area (Å²) in [4.78, 5) is 44.3. The molecule has 0 spiro atoms. The molecule has 33 heavy (non-hydrogen) atoms. The van der Waals surface area contributed by atoms with Crippen LogP contribution in [0.25, 0.3) is 0 Å². The topological polar surface area (TPSA) is 125 Å². The van der Waals surface area contributed by atoms with Crippen LogP contribution in [-0.2, 0) is 28.2 Å². The van der Waals surface area contributed by atoms with Gasteiger partial charge in [-0.1, -0.05) is 5.92 Å². The Hall–Kier alpha value is -2.47. The molecule has 0 unspecified atom stereocenters. The number of ether oxygens (including phenoxy) is 2. The molecule has 0 amide bonds. The molecule has 0 fully saturated rings. The van der Waals surface area contributed by atoms with Crippen molar-refractivity contribution in [1.29, 1.82) is 0 Å². The normalized spacial score (nSPS) is 8.06. The van der Waals surface area contributed by atoms with Crippen molar-refractivity contribution in [3.8, 4) is 95.2 Å². The van der Waals surface area contributed by atoms with Gasteiger partial charge in [0.2, 0.25) is 0 Å². The Morgan fingerprint density at radius 2 is 1.30 bits per heavy atom. The molecule has 1 atom stereocenters. The Bertz CT molecular complexity index is 1230. The van der Waals surface area contributed by atoms with Crippen molar-refractivity contribution in [2.75, 3.05) is 13.2 Å². The fraction of sp³-hybridized carbons (Fsp3) is 0.182. The van der Waals surface area contributed by atoms with Crippen molar-refractivity contribution in [2.24, 2.45) is 0 Å². The molecule has 0 aliphatic rings. The predicted octanol–water partition coefficient (Wildman–Crippen LogP) is -8.03. The number of carbonyl (C=O) groups is 2. The number of hydrogen-bond acceptors (Lipinski definition) is 8. The molecule has 8 nitrogen and oxygen atoms in total. The molecule has 0 radical (unpaired) electrons. The molecule has 0 saturated carbocycles. The Morgan fingerprint density at radius 1 is 0.818 bits per heavy atom. The first-order chi connectivity index (χ1) is 14.8. The first-order valence-electron chi connectivity index (χ1n) is 7.72. The van der Waals surface area contributed by atoms with E-state index in [0.29, 0.717) is 0 Å². The van der Waals surface area contributed by atoms with E-state index < -0.39 is 39.1 Å². The third-order valence-corrected chi connectivity index (χ3v) is 2.65. The Labute approximate surface area is 236 Å². The Balaban J connectivity index is -0.00000450. The molecular weight excluding hydrogens is 469 g/mol. The summed E-state index contributed by atoms with van der Waals surface area (Å²) in [5, 5.41) is 0. The van der Waals surface area contributed by atoms with Gasteiger partial charge in [0.1, 0.15) is 6.61 Å². The molecule has 0 saturated heterocycles. The summed E-state index contributed by atoms with van der Waals surface area (Å²) in [6.07, 6.45) is 3.40. The maximum Gasteiger partial charge on any atom is 1.00 e. The van der Waals surface area contributed by atoms with Crippen LogP contribution in [0.3, 0.4) is 0 Å². The molecule has 0 aromatic rings. The summed E-state index contributed by atoms with van der Waals surface area (Å²) in [6, 6.07) is 0. The van der Waals surface area contributed by atoms with Crippen LogP contribution in [0.4, 0.5) is 0 Å². The zero-order chi connectivity index (χ0) is 23.4. The molecule has 0 bridgehead atoms. The van der Waals surface area contributed by atoms with Gasteiger partial charge in [0, 0.05) is 11.8 Å². The van der Waals surface area contributed by atoms with E-state index in [4.69, 9.17) is 11.2 Å². The van der Waals surface area contributed by atoms with E-state index in [9.17, 15) is 23.9 Å². The van der Waals surface area contributed by atoms with Gasteiger partial charge in [-0.05, 0) is 78.0 Å². The molecule has 0 rings (SSSR count). The van der Waals surface area contributed by atoms with Gasteiger partial charge in [-0.25, -0.2) is 9.59 Å². The van der Waals surface area contributed by atoms with Gasteiger partial charge in [0.05, 0.1) is 14.4 Å². The van der Waals surface area contributed by atoms with Crippen LogP contribution in [0.2, 0.25) is 0 Å². The summed E-state index contributed by atoms with van der Waals surface area (Å²) < 4.78 is 24.0. The zero-order valence-electron chi connectivity index (χ0n) is 17.8. The summed E-state index contributed by atoms with van der Waals surface area (Å²) in [6.45, 7) is 0.00419. The van der Waals surface area contributed by atoms with E-state index in [1.54, 1.807) is 6.92 Å². The second kappa shape index (κ2) is 22.7. The summed E-state index contributed by atoms with van der Waals surface area (Å²) in [7, 11) is -5.37. The number of hydrogen-bond donors (Lipinski definition) is 0. The molecule has 0 N–H and O–H groups in total. The second-order valence-electron chi connectivity index (χ2n) is 4.39. The van der Waals surface area contributed by atoms with Crippen LogP contribution in [-0.4, -0.2) is 31.3 Å². The van der Waals surface area contributed by atoms with Crippen molar-refractivity contribution in [1.82, 2.24) is 0 Å². The van der Waals surface area contributed by atoms with E-state index in [0.717, 1.165) is 0 Å². The minimum Gasteiger partial charge on any atom is -0.790 e. The third-order valence-electron chi connectivity index (χ3n) is 2.18. The summed E-state index contributed by atoms with van der Waals surface area (Å²) in [5.41, 5.74) is 0. The van der Waals surface area contributed by atoms with Gasteiger partial charge in [-0.2, -0.15) is 0 Å². The quantitative estimate of drug-likeness (QED) is 0.121. The van der Waals surface area contributed by atoms with Crippen molar-refractivity contribution < 1.29 is 97.1 Å². The monoisotopic (exact) mass is 478 g/mol. The summed E-state index contributed by atoms with van der Waals surface area (Å²) >= 11 is 0. The number of phosphoric ester groups is 1. The van der Waals surface area contributed by atoms with E-state index >= 15 is 0 Å². The van der Waals surface area contributed by atoms with Crippen LogP contribution in [0.1, 0.15) is 6.92 Å². The van der Waals surface area contributed by atoms with Gasteiger partial charge in [0.25, 0.3) is 0 Å². The summed E-state index contributed by atoms with van der Waals surface area (Å²) in [5.74, 6) is 31.1. The van der Waals surface area contributed by atoms with Crippen LogP contribution in [0.5, 0.6) is 0 Å². The SMILES string of the molecule is C#CC#CC#CC#CC(=O)O[C@H](COC(=O)C#CC#CC#CC#CC)COP(=O)([O-])[O-].[Na+].[Na+]. The van der Waals surface area contributed by atoms with Crippen molar-refractivity contribution in [3.05, 3.63) is 0 Å². The van der Waals surface area contributed by atoms with Gasteiger partial charge < -0.3 is 28.3 Å². The standard InChI is InChI=1S/C22H11O8P.2Na/c1-3-5-7-9-11-13-14-16-21(23)28-18-20(19-29-31(25,26)27)30-22(24)17-15-12-10-8-6-4-2;;/h2,20H,18-19H2,1H3,(H2,25,26,27);;/q;2*+1/p-2/t20-;;/m1../s1. The molecule has 152 valence electrons. The average molecular weight is 478 g/mol. The van der Waals surface area contributed by atoms with Crippen molar-refractivity contribution in [3.63, 3.8) is 0 Å². The molecule has 0 aliphatic heterocycles. The maximum absolute atomic E-state index is 11.6. The van der Waals surface area contributed by atoms with Crippen LogP contribution < -0.4 is 68.9 Å². The van der Waals surface area contributed by atoms with Gasteiger partial charge in [-0.3, -0.25) is 0 Å². The van der Waals surface area contributed by atoms with Gasteiger partial charge in [0.15, 0.2) is 6.10 Å². The number of terminal acetylenes is 1. The smallest absolute Gasteiger partial charge is 0.790 e. The first kappa shape index (κ1) is 35.1. The fourth-order valence-corrected chi connectivity index (χ4v) is 1.51. The first-order valence-corrected chi connectivity index (χ1v) is 9.18. The molecular formula is C22H9Na2O8P. The fourth-order valence-electron chi connectivity index (χ4n) is 1.16. The maximum atomic E-state index is 11.6. The zero-order valence-corrected chi connectivity index (χ0v) is 22.7. The Kier molecular flexibility index (Phi) is 24.2. The minimum atomic E-state index is -5.37. The molecule has 0 aromatic heterocycles. The van der Waals surface area contributed by atoms with E-state index in [2.05, 4.69) is 80.3 Å². The van der Waals surface area contributed by atoms with Gasteiger partial charge in [-0.15, -0.1) is 6.42 Å². The molecule has 11 heteroatoms. The number of rotatable bonds is 6. The molecule has 0 aliphatic carbocycles. The minimum absolute atomic E-state index is 0.